The minimum Gasteiger partial charge on any atom is -0.477 e. The summed E-state index contributed by atoms with van der Waals surface area (Å²) in [7, 11) is 0. The molecule has 0 spiro atoms. The molecule has 4 nitrogen and oxygen atoms in total. The van der Waals surface area contributed by atoms with Gasteiger partial charge >= 0.3 is 5.97 Å². The highest BCUT2D eigenvalue weighted by molar-refractivity contribution is 5.92. The number of hydrogen-bond donors (Lipinski definition) is 1. The summed E-state index contributed by atoms with van der Waals surface area (Å²) in [6, 6.07) is 5.16. The molecule has 0 amide bonds. The van der Waals surface area contributed by atoms with Crippen LogP contribution in [0.5, 0.6) is 0 Å². The highest BCUT2D eigenvalue weighted by atomic mass is 19.2. The summed E-state index contributed by atoms with van der Waals surface area (Å²) in [6.45, 7) is -0.499. The molecule has 0 unspecified atom stereocenters. The zero-order chi connectivity index (χ0) is 18.3. The number of para-hydroxylation sites is 1. The van der Waals surface area contributed by atoms with Gasteiger partial charge in [0.15, 0.2) is 17.5 Å². The molecule has 0 saturated carbocycles. The molecule has 1 heterocycles. The molecule has 128 valence electrons. The number of carboxylic acid groups (broad SMARTS) is 1. The molecule has 0 radical (unpaired) electrons. The highest BCUT2D eigenvalue weighted by Gasteiger charge is 2.19. The minimum atomic E-state index is -1.69. The molecule has 0 aliphatic rings. The van der Waals surface area contributed by atoms with E-state index in [9.17, 15) is 27.2 Å². The Morgan fingerprint density at radius 3 is 2.40 bits per heavy atom. The molecule has 3 rings (SSSR count). The third-order valence-corrected chi connectivity index (χ3v) is 3.73. The third-order valence-electron chi connectivity index (χ3n) is 3.73. The van der Waals surface area contributed by atoms with E-state index in [0.29, 0.717) is 6.07 Å². The number of carboxylic acids is 1. The Morgan fingerprint density at radius 1 is 1.00 bits per heavy atom. The zero-order valence-electron chi connectivity index (χ0n) is 12.4. The third kappa shape index (κ3) is 2.75. The number of aromatic carboxylic acids is 1. The number of aromatic nitrogens is 1. The van der Waals surface area contributed by atoms with Crippen LogP contribution in [-0.2, 0) is 6.54 Å². The number of benzene rings is 2. The molecule has 0 fully saturated rings. The summed E-state index contributed by atoms with van der Waals surface area (Å²) < 4.78 is 55.5. The van der Waals surface area contributed by atoms with Gasteiger partial charge in [0.05, 0.1) is 12.1 Å². The van der Waals surface area contributed by atoms with Crippen LogP contribution in [0.3, 0.4) is 0 Å². The van der Waals surface area contributed by atoms with Gasteiger partial charge in [0, 0.05) is 17.1 Å². The minimum absolute atomic E-state index is 0.220. The molecule has 0 aliphatic heterocycles. The molecule has 8 heteroatoms. The fourth-order valence-electron chi connectivity index (χ4n) is 2.56. The van der Waals surface area contributed by atoms with Crippen LogP contribution in [0.25, 0.3) is 10.9 Å². The van der Waals surface area contributed by atoms with Gasteiger partial charge in [-0.1, -0.05) is 12.1 Å². The number of halogens is 4. The average molecular weight is 351 g/mol. The van der Waals surface area contributed by atoms with Gasteiger partial charge in [0.1, 0.15) is 11.4 Å². The molecule has 3 aromatic rings. The van der Waals surface area contributed by atoms with E-state index in [2.05, 4.69) is 0 Å². The summed E-state index contributed by atoms with van der Waals surface area (Å²) in [5.41, 5.74) is -2.14. The predicted octanol–water partition coefficient (Wildman–Crippen LogP) is 3.30. The quantitative estimate of drug-likeness (QED) is 0.582. The Hall–Kier alpha value is -3.16. The van der Waals surface area contributed by atoms with E-state index < -0.39 is 46.8 Å². The first-order valence-corrected chi connectivity index (χ1v) is 6.98. The predicted molar refractivity (Wildman–Crippen MR) is 80.5 cm³/mol. The Bertz CT molecular complexity index is 1080. The van der Waals surface area contributed by atoms with Crippen LogP contribution in [0.15, 0.2) is 41.3 Å². The second-order valence-corrected chi connectivity index (χ2v) is 5.28. The molecule has 1 N–H and O–H groups in total. The van der Waals surface area contributed by atoms with Gasteiger partial charge in [0.25, 0.3) is 0 Å². The van der Waals surface area contributed by atoms with Gasteiger partial charge in [-0.3, -0.25) is 4.79 Å². The number of pyridine rings is 1. The molecular formula is C17H9F4NO3. The monoisotopic (exact) mass is 351 g/mol. The molecule has 0 aliphatic carbocycles. The van der Waals surface area contributed by atoms with Crippen LogP contribution in [-0.4, -0.2) is 15.6 Å². The number of fused-ring (bicyclic) bond motifs is 1. The standard InChI is InChI=1S/C17H9F4NO3/c18-11-5-4-8(13(20)14(11)21)6-22-7-10(17(24)25)16(23)9-2-1-3-12(19)15(9)22/h1-5,7H,6H2,(H,24,25). The Morgan fingerprint density at radius 2 is 1.72 bits per heavy atom. The maximum Gasteiger partial charge on any atom is 0.341 e. The first-order chi connectivity index (χ1) is 11.8. The van der Waals surface area contributed by atoms with Crippen molar-refractivity contribution in [2.75, 3.05) is 0 Å². The highest BCUT2D eigenvalue weighted by Crippen LogP contribution is 2.21. The lowest BCUT2D eigenvalue weighted by atomic mass is 10.1. The summed E-state index contributed by atoms with van der Waals surface area (Å²) in [5, 5.41) is 8.91. The van der Waals surface area contributed by atoms with Crippen LogP contribution in [0, 0.1) is 23.3 Å². The lowest BCUT2D eigenvalue weighted by Crippen LogP contribution is -2.20. The van der Waals surface area contributed by atoms with Crippen LogP contribution in [0.4, 0.5) is 17.6 Å². The van der Waals surface area contributed by atoms with Crippen molar-refractivity contribution < 1.29 is 27.5 Å². The van der Waals surface area contributed by atoms with Crippen molar-refractivity contribution in [3.05, 3.63) is 81.1 Å². The van der Waals surface area contributed by atoms with Crippen molar-refractivity contribution in [2.45, 2.75) is 6.54 Å². The molecule has 25 heavy (non-hydrogen) atoms. The van der Waals surface area contributed by atoms with Crippen LogP contribution in [0.1, 0.15) is 15.9 Å². The van der Waals surface area contributed by atoms with E-state index in [0.717, 1.165) is 22.9 Å². The fraction of sp³-hybridized carbons (Fsp3) is 0.0588. The van der Waals surface area contributed by atoms with Crippen molar-refractivity contribution in [1.29, 1.82) is 0 Å². The Labute approximate surface area is 137 Å². The van der Waals surface area contributed by atoms with Crippen LogP contribution < -0.4 is 5.43 Å². The molecule has 2 aromatic carbocycles. The van der Waals surface area contributed by atoms with Gasteiger partial charge in [-0.15, -0.1) is 0 Å². The fourth-order valence-corrected chi connectivity index (χ4v) is 2.56. The number of rotatable bonds is 3. The largest absolute Gasteiger partial charge is 0.477 e. The molecule has 1 aromatic heterocycles. The normalized spacial score (nSPS) is 11.0. The van der Waals surface area contributed by atoms with Crippen LogP contribution in [0.2, 0.25) is 0 Å². The van der Waals surface area contributed by atoms with Crippen molar-refractivity contribution in [3.8, 4) is 0 Å². The van der Waals surface area contributed by atoms with E-state index in [1.165, 1.54) is 12.1 Å². The maximum atomic E-state index is 14.2. The van der Waals surface area contributed by atoms with Crippen molar-refractivity contribution in [1.82, 2.24) is 4.57 Å². The van der Waals surface area contributed by atoms with E-state index in [1.54, 1.807) is 0 Å². The molecule has 0 bridgehead atoms. The smallest absolute Gasteiger partial charge is 0.341 e. The first kappa shape index (κ1) is 16.7. The summed E-state index contributed by atoms with van der Waals surface area (Å²) in [6.07, 6.45) is 0.844. The van der Waals surface area contributed by atoms with Gasteiger partial charge in [0.2, 0.25) is 5.43 Å². The summed E-state index contributed by atoms with van der Waals surface area (Å²) in [5.74, 6) is -6.93. The van der Waals surface area contributed by atoms with Crippen molar-refractivity contribution in [2.24, 2.45) is 0 Å². The van der Waals surface area contributed by atoms with Gasteiger partial charge in [-0.2, -0.15) is 0 Å². The Kier molecular flexibility index (Phi) is 4.03. The summed E-state index contributed by atoms with van der Waals surface area (Å²) in [4.78, 5) is 23.4. The average Bonchev–Trinajstić information content (AvgIpc) is 2.57. The number of carbonyl (C=O) groups is 1. The van der Waals surface area contributed by atoms with Gasteiger partial charge in [-0.25, -0.2) is 22.4 Å². The maximum absolute atomic E-state index is 14.2. The molecule has 0 saturated heterocycles. The summed E-state index contributed by atoms with van der Waals surface area (Å²) >= 11 is 0. The second kappa shape index (κ2) is 6.04. The van der Waals surface area contributed by atoms with E-state index in [1.807, 2.05) is 0 Å². The van der Waals surface area contributed by atoms with E-state index >= 15 is 0 Å². The number of hydrogen-bond acceptors (Lipinski definition) is 2. The van der Waals surface area contributed by atoms with Crippen LogP contribution >= 0.6 is 0 Å². The zero-order valence-corrected chi connectivity index (χ0v) is 12.4. The van der Waals surface area contributed by atoms with Crippen molar-refractivity contribution >= 4 is 16.9 Å². The van der Waals surface area contributed by atoms with E-state index in [-0.39, 0.29) is 16.5 Å². The lowest BCUT2D eigenvalue weighted by Gasteiger charge is -2.14. The topological polar surface area (TPSA) is 59.3 Å². The number of nitrogens with zero attached hydrogens (tertiary/aromatic N) is 1. The molecular weight excluding hydrogens is 342 g/mol. The van der Waals surface area contributed by atoms with Gasteiger partial charge < -0.3 is 9.67 Å². The van der Waals surface area contributed by atoms with Gasteiger partial charge in [-0.05, 0) is 18.2 Å². The lowest BCUT2D eigenvalue weighted by molar-refractivity contribution is 0.0695. The SMILES string of the molecule is O=C(O)c1cn(Cc2ccc(F)c(F)c2F)c2c(F)cccc2c1=O. The Balaban J connectivity index is 2.29. The molecule has 0 atom stereocenters. The van der Waals surface area contributed by atoms with E-state index in [4.69, 9.17) is 5.11 Å². The van der Waals surface area contributed by atoms with Crippen molar-refractivity contribution in [3.63, 3.8) is 0 Å². The first-order valence-electron chi connectivity index (χ1n) is 6.98. The second-order valence-electron chi connectivity index (χ2n) is 5.28.